The molecule has 146 valence electrons. The summed E-state index contributed by atoms with van der Waals surface area (Å²) in [6.07, 6.45) is -4.70. The first-order valence-corrected chi connectivity index (χ1v) is 8.15. The number of hydrogen-bond donors (Lipinski definition) is 0. The minimum absolute atomic E-state index is 0.0408. The molecule has 28 heavy (non-hydrogen) atoms. The lowest BCUT2D eigenvalue weighted by Crippen LogP contribution is -2.10. The molecule has 0 aliphatic rings. The first kappa shape index (κ1) is 19.5. The van der Waals surface area contributed by atoms with Crippen LogP contribution < -0.4 is 4.74 Å². The summed E-state index contributed by atoms with van der Waals surface area (Å²) in [6, 6.07) is 9.61. The average Bonchev–Trinajstić information content (AvgIpc) is 3.15. The summed E-state index contributed by atoms with van der Waals surface area (Å²) in [5, 5.41) is 3.77. The van der Waals surface area contributed by atoms with Crippen molar-refractivity contribution >= 4 is 5.78 Å². The molecule has 5 nitrogen and oxygen atoms in total. The Morgan fingerprint density at radius 2 is 1.79 bits per heavy atom. The SMILES string of the molecule is CC(=O)c1ccc(-c2noc(-c3ccc(OCCF)c(C(F)(F)F)c3)n2)cc1. The van der Waals surface area contributed by atoms with Crippen LogP contribution in [0, 0.1) is 0 Å². The van der Waals surface area contributed by atoms with Crippen molar-refractivity contribution in [3.05, 3.63) is 53.6 Å². The highest BCUT2D eigenvalue weighted by Gasteiger charge is 2.35. The molecule has 0 saturated heterocycles. The Hall–Kier alpha value is -3.23. The number of aromatic nitrogens is 2. The molecule has 0 aliphatic carbocycles. The van der Waals surface area contributed by atoms with Gasteiger partial charge in [-0.25, -0.2) is 4.39 Å². The zero-order valence-corrected chi connectivity index (χ0v) is 14.6. The minimum atomic E-state index is -4.70. The Labute approximate surface area is 156 Å². The predicted octanol–water partition coefficient (Wildman–Crippen LogP) is 4.97. The van der Waals surface area contributed by atoms with Crippen LogP contribution in [0.4, 0.5) is 17.6 Å². The number of nitrogens with zero attached hydrogens (tertiary/aromatic N) is 2. The highest BCUT2D eigenvalue weighted by Crippen LogP contribution is 2.38. The quantitative estimate of drug-likeness (QED) is 0.436. The van der Waals surface area contributed by atoms with E-state index in [-0.39, 0.29) is 23.1 Å². The van der Waals surface area contributed by atoms with Gasteiger partial charge in [-0.1, -0.05) is 29.4 Å². The summed E-state index contributed by atoms with van der Waals surface area (Å²) >= 11 is 0. The van der Waals surface area contributed by atoms with Crippen molar-refractivity contribution in [2.75, 3.05) is 13.3 Å². The summed E-state index contributed by atoms with van der Waals surface area (Å²) in [7, 11) is 0. The lowest BCUT2D eigenvalue weighted by atomic mass is 10.1. The number of rotatable bonds is 6. The highest BCUT2D eigenvalue weighted by atomic mass is 19.4. The molecular weight excluding hydrogens is 380 g/mol. The molecule has 0 radical (unpaired) electrons. The van der Waals surface area contributed by atoms with Crippen molar-refractivity contribution < 1.29 is 31.6 Å². The maximum atomic E-state index is 13.3. The first-order chi connectivity index (χ1) is 13.3. The topological polar surface area (TPSA) is 65.2 Å². The molecule has 3 aromatic rings. The lowest BCUT2D eigenvalue weighted by molar-refractivity contribution is -0.138. The van der Waals surface area contributed by atoms with Gasteiger partial charge in [0.05, 0.1) is 5.56 Å². The Balaban J connectivity index is 1.93. The molecule has 0 saturated carbocycles. The van der Waals surface area contributed by atoms with E-state index in [0.717, 1.165) is 12.1 Å². The number of alkyl halides is 4. The molecule has 0 fully saturated rings. The van der Waals surface area contributed by atoms with Crippen LogP contribution in [0.3, 0.4) is 0 Å². The Morgan fingerprint density at radius 3 is 2.39 bits per heavy atom. The molecule has 0 atom stereocenters. The van der Waals surface area contributed by atoms with Gasteiger partial charge in [0.15, 0.2) is 5.78 Å². The van der Waals surface area contributed by atoms with Crippen LogP contribution in [0.25, 0.3) is 22.8 Å². The molecule has 0 N–H and O–H groups in total. The molecule has 0 spiro atoms. The third kappa shape index (κ3) is 4.19. The summed E-state index contributed by atoms with van der Waals surface area (Å²) in [5.41, 5.74) is 0.0214. The summed E-state index contributed by atoms with van der Waals surface area (Å²) in [5.74, 6) is -0.534. The van der Waals surface area contributed by atoms with Gasteiger partial charge in [0.2, 0.25) is 5.82 Å². The smallest absolute Gasteiger partial charge is 0.419 e. The molecule has 0 unspecified atom stereocenters. The molecule has 2 aromatic carbocycles. The minimum Gasteiger partial charge on any atom is -0.490 e. The Bertz CT molecular complexity index is 982. The van der Waals surface area contributed by atoms with Gasteiger partial charge in [-0.2, -0.15) is 18.2 Å². The third-order valence-corrected chi connectivity index (χ3v) is 3.84. The average molecular weight is 394 g/mol. The van der Waals surface area contributed by atoms with E-state index in [1.807, 2.05) is 0 Å². The van der Waals surface area contributed by atoms with Crippen molar-refractivity contribution in [1.82, 2.24) is 10.1 Å². The van der Waals surface area contributed by atoms with Gasteiger partial charge in [0.25, 0.3) is 5.89 Å². The van der Waals surface area contributed by atoms with Gasteiger partial charge in [-0.15, -0.1) is 0 Å². The van der Waals surface area contributed by atoms with E-state index in [4.69, 9.17) is 9.26 Å². The summed E-state index contributed by atoms with van der Waals surface area (Å²) in [4.78, 5) is 15.4. The first-order valence-electron chi connectivity index (χ1n) is 8.15. The third-order valence-electron chi connectivity index (χ3n) is 3.84. The molecule has 0 aliphatic heterocycles. The molecule has 9 heteroatoms. The predicted molar refractivity (Wildman–Crippen MR) is 91.6 cm³/mol. The zero-order valence-electron chi connectivity index (χ0n) is 14.6. The van der Waals surface area contributed by atoms with E-state index >= 15 is 0 Å². The number of carbonyl (C=O) groups is 1. The second kappa shape index (κ2) is 7.79. The van der Waals surface area contributed by atoms with Crippen molar-refractivity contribution in [1.29, 1.82) is 0 Å². The number of carbonyl (C=O) groups excluding carboxylic acids is 1. The largest absolute Gasteiger partial charge is 0.490 e. The van der Waals surface area contributed by atoms with Crippen LogP contribution in [-0.2, 0) is 6.18 Å². The fourth-order valence-corrected chi connectivity index (χ4v) is 2.47. The van der Waals surface area contributed by atoms with Gasteiger partial charge in [0, 0.05) is 16.7 Å². The van der Waals surface area contributed by atoms with Crippen molar-refractivity contribution in [2.24, 2.45) is 0 Å². The van der Waals surface area contributed by atoms with E-state index in [9.17, 15) is 22.4 Å². The van der Waals surface area contributed by atoms with Crippen LogP contribution in [0.1, 0.15) is 22.8 Å². The Kier molecular flexibility index (Phi) is 5.43. The maximum Gasteiger partial charge on any atom is 0.419 e. The van der Waals surface area contributed by atoms with E-state index in [0.29, 0.717) is 11.1 Å². The molecule has 0 bridgehead atoms. The molecule has 1 heterocycles. The van der Waals surface area contributed by atoms with Crippen molar-refractivity contribution in [2.45, 2.75) is 13.1 Å². The number of halogens is 4. The van der Waals surface area contributed by atoms with Crippen LogP contribution >= 0.6 is 0 Å². The fourth-order valence-electron chi connectivity index (χ4n) is 2.47. The van der Waals surface area contributed by atoms with E-state index in [2.05, 4.69) is 10.1 Å². The number of benzene rings is 2. The van der Waals surface area contributed by atoms with Gasteiger partial charge >= 0.3 is 6.18 Å². The van der Waals surface area contributed by atoms with Crippen LogP contribution in [-0.4, -0.2) is 29.2 Å². The molecule has 1 aromatic heterocycles. The fraction of sp³-hybridized carbons (Fsp3) is 0.211. The molecular formula is C19H14F4N2O3. The second-order valence-electron chi connectivity index (χ2n) is 5.80. The number of hydrogen-bond acceptors (Lipinski definition) is 5. The van der Waals surface area contributed by atoms with Crippen molar-refractivity contribution in [3.8, 4) is 28.6 Å². The number of ether oxygens (including phenoxy) is 1. The zero-order chi connectivity index (χ0) is 20.3. The van der Waals surface area contributed by atoms with E-state index < -0.39 is 30.8 Å². The van der Waals surface area contributed by atoms with E-state index in [1.54, 1.807) is 24.3 Å². The van der Waals surface area contributed by atoms with Crippen LogP contribution in [0.2, 0.25) is 0 Å². The van der Waals surface area contributed by atoms with Gasteiger partial charge in [-0.3, -0.25) is 4.79 Å². The molecule has 3 rings (SSSR count). The monoisotopic (exact) mass is 394 g/mol. The van der Waals surface area contributed by atoms with Crippen molar-refractivity contribution in [3.63, 3.8) is 0 Å². The highest BCUT2D eigenvalue weighted by molar-refractivity contribution is 5.94. The summed E-state index contributed by atoms with van der Waals surface area (Å²) < 4.78 is 62.0. The number of Topliss-reactive ketones (excluding diaryl/α,β-unsaturated/α-hetero) is 1. The second-order valence-corrected chi connectivity index (χ2v) is 5.80. The lowest BCUT2D eigenvalue weighted by Gasteiger charge is -2.13. The summed E-state index contributed by atoms with van der Waals surface area (Å²) in [6.45, 7) is 0.0402. The van der Waals surface area contributed by atoms with E-state index in [1.165, 1.54) is 13.0 Å². The normalized spacial score (nSPS) is 11.5. The van der Waals surface area contributed by atoms with Gasteiger partial charge in [-0.05, 0) is 25.1 Å². The maximum absolute atomic E-state index is 13.3. The number of ketones is 1. The van der Waals surface area contributed by atoms with Gasteiger partial charge < -0.3 is 9.26 Å². The standard InChI is InChI=1S/C19H14F4N2O3/c1-11(26)12-2-4-13(5-3-12)17-24-18(28-25-17)14-6-7-16(27-9-8-20)15(10-14)19(21,22)23/h2-7,10H,8-9H2,1H3. The van der Waals surface area contributed by atoms with Crippen LogP contribution in [0.15, 0.2) is 47.0 Å². The van der Waals surface area contributed by atoms with Gasteiger partial charge in [0.1, 0.15) is 19.0 Å². The molecule has 0 amide bonds. The Morgan fingerprint density at radius 1 is 1.11 bits per heavy atom. The van der Waals surface area contributed by atoms with Crippen LogP contribution in [0.5, 0.6) is 5.75 Å².